The minimum Gasteiger partial charge on any atom is -0.457 e. The van der Waals surface area contributed by atoms with E-state index in [2.05, 4.69) is 266 Å². The lowest BCUT2D eigenvalue weighted by atomic mass is 9.65. The van der Waals surface area contributed by atoms with Crippen LogP contribution < -0.4 is 14.4 Å². The summed E-state index contributed by atoms with van der Waals surface area (Å²) in [5.41, 5.74) is 18.7. The molecule has 0 fully saturated rings. The Hall–Kier alpha value is -9.44. The van der Waals surface area contributed by atoms with Gasteiger partial charge in [0.05, 0.1) is 16.5 Å². The van der Waals surface area contributed by atoms with Crippen molar-refractivity contribution in [2.45, 2.75) is 10.8 Å². The van der Waals surface area contributed by atoms with Crippen LogP contribution in [-0.2, 0) is 10.8 Å². The van der Waals surface area contributed by atoms with Gasteiger partial charge in [0.1, 0.15) is 23.0 Å². The number of fused-ring (bicyclic) bond motifs is 21. The van der Waals surface area contributed by atoms with Crippen LogP contribution in [0.5, 0.6) is 23.0 Å². The predicted octanol–water partition coefficient (Wildman–Crippen LogP) is 18.1. The van der Waals surface area contributed by atoms with Gasteiger partial charge in [-0.05, 0) is 139 Å². The maximum Gasteiger partial charge on any atom is 0.132 e. The molecule has 3 nitrogen and oxygen atoms in total. The van der Waals surface area contributed by atoms with Crippen LogP contribution in [0.15, 0.2) is 261 Å². The van der Waals surface area contributed by atoms with Gasteiger partial charge in [-0.2, -0.15) is 0 Å². The summed E-state index contributed by atoms with van der Waals surface area (Å²) in [5.74, 6) is 3.50. The quantitative estimate of drug-likeness (QED) is 0.176. The van der Waals surface area contributed by atoms with Crippen LogP contribution in [-0.4, -0.2) is 0 Å². The average molecular weight is 930 g/mol. The summed E-state index contributed by atoms with van der Waals surface area (Å²) in [4.78, 5) is 2.52. The Balaban J connectivity index is 1.03. The first-order valence-electron chi connectivity index (χ1n) is 25.2. The van der Waals surface area contributed by atoms with Crippen molar-refractivity contribution in [3.05, 3.63) is 305 Å². The monoisotopic (exact) mass is 929 g/mol. The van der Waals surface area contributed by atoms with E-state index in [-0.39, 0.29) is 0 Å². The van der Waals surface area contributed by atoms with Crippen LogP contribution in [0, 0.1) is 0 Å². The molecule has 2 spiro atoms. The van der Waals surface area contributed by atoms with E-state index in [1.807, 2.05) is 0 Å². The number of rotatable bonds is 4. The van der Waals surface area contributed by atoms with Gasteiger partial charge >= 0.3 is 0 Å². The maximum absolute atomic E-state index is 6.89. The summed E-state index contributed by atoms with van der Waals surface area (Å²) in [5, 5.41) is 4.80. The first-order valence-corrected chi connectivity index (χ1v) is 25.2. The predicted molar refractivity (Wildman–Crippen MR) is 296 cm³/mol. The van der Waals surface area contributed by atoms with Gasteiger partial charge in [-0.3, -0.25) is 0 Å². The van der Waals surface area contributed by atoms with Gasteiger partial charge in [0.2, 0.25) is 0 Å². The normalized spacial score (nSPS) is 14.2. The number of ether oxygens (including phenoxy) is 2. The number of hydrogen-bond acceptors (Lipinski definition) is 3. The number of para-hydroxylation sites is 4. The van der Waals surface area contributed by atoms with Gasteiger partial charge in [-0.1, -0.05) is 194 Å². The fourth-order valence-corrected chi connectivity index (χ4v) is 13.4. The van der Waals surface area contributed by atoms with Gasteiger partial charge in [0, 0.05) is 39.0 Å². The fraction of sp³-hybridized carbons (Fsp3) is 0.0286. The lowest BCUT2D eigenvalue weighted by Crippen LogP contribution is -2.32. The van der Waals surface area contributed by atoms with E-state index in [4.69, 9.17) is 9.47 Å². The molecule has 12 aromatic carbocycles. The molecule has 0 saturated heterocycles. The lowest BCUT2D eigenvalue weighted by Gasteiger charge is -2.40. The van der Waals surface area contributed by atoms with Crippen LogP contribution in [0.4, 0.5) is 17.1 Å². The van der Waals surface area contributed by atoms with Crippen LogP contribution in [0.2, 0.25) is 0 Å². The van der Waals surface area contributed by atoms with Crippen LogP contribution in [0.3, 0.4) is 0 Å². The van der Waals surface area contributed by atoms with E-state index in [9.17, 15) is 0 Å². The molecular formula is C70H43NO2. The summed E-state index contributed by atoms with van der Waals surface area (Å²) in [6.07, 6.45) is 0. The third-order valence-corrected chi connectivity index (χ3v) is 16.4. The number of anilines is 3. The minimum atomic E-state index is -0.707. The Morgan fingerprint density at radius 3 is 1.36 bits per heavy atom. The van der Waals surface area contributed by atoms with E-state index in [0.717, 1.165) is 62.3 Å². The molecule has 0 radical (unpaired) electrons. The van der Waals surface area contributed by atoms with Crippen LogP contribution >= 0.6 is 0 Å². The van der Waals surface area contributed by atoms with Crippen molar-refractivity contribution in [2.75, 3.05) is 4.90 Å². The zero-order valence-corrected chi connectivity index (χ0v) is 39.6. The van der Waals surface area contributed by atoms with E-state index in [1.165, 1.54) is 77.2 Å². The van der Waals surface area contributed by atoms with Crippen molar-refractivity contribution >= 4 is 38.6 Å². The Bertz CT molecular complexity index is 4190. The molecule has 0 saturated carbocycles. The van der Waals surface area contributed by atoms with E-state index >= 15 is 0 Å². The summed E-state index contributed by atoms with van der Waals surface area (Å²) in [7, 11) is 0. The highest BCUT2D eigenvalue weighted by molar-refractivity contribution is 6.13. The van der Waals surface area contributed by atoms with Gasteiger partial charge < -0.3 is 14.4 Å². The summed E-state index contributed by atoms with van der Waals surface area (Å²) in [6, 6.07) is 95.9. The van der Waals surface area contributed by atoms with Crippen LogP contribution in [0.1, 0.15) is 44.5 Å². The molecule has 340 valence electrons. The minimum absolute atomic E-state index is 0.639. The second kappa shape index (κ2) is 15.0. The molecule has 0 N–H and O–H groups in total. The zero-order chi connectivity index (χ0) is 47.8. The second-order valence-corrected chi connectivity index (χ2v) is 19.8. The van der Waals surface area contributed by atoms with E-state index < -0.39 is 10.8 Å². The zero-order valence-electron chi connectivity index (χ0n) is 39.6. The smallest absolute Gasteiger partial charge is 0.132 e. The van der Waals surface area contributed by atoms with Crippen molar-refractivity contribution in [3.8, 4) is 56.4 Å². The molecule has 12 aromatic rings. The highest BCUT2D eigenvalue weighted by atomic mass is 16.5. The average Bonchev–Trinajstić information content (AvgIpc) is 3.91. The van der Waals surface area contributed by atoms with Crippen molar-refractivity contribution in [2.24, 2.45) is 0 Å². The van der Waals surface area contributed by atoms with Gasteiger partial charge in [-0.25, -0.2) is 0 Å². The molecule has 2 aliphatic carbocycles. The summed E-state index contributed by atoms with van der Waals surface area (Å²) < 4.78 is 13.7. The van der Waals surface area contributed by atoms with Gasteiger partial charge in [-0.15, -0.1) is 0 Å². The highest BCUT2D eigenvalue weighted by Crippen LogP contribution is 2.66. The summed E-state index contributed by atoms with van der Waals surface area (Å²) in [6.45, 7) is 0. The van der Waals surface area contributed by atoms with E-state index in [0.29, 0.717) is 0 Å². The highest BCUT2D eigenvalue weighted by Gasteiger charge is 2.53. The Kier molecular flexibility index (Phi) is 8.30. The van der Waals surface area contributed by atoms with E-state index in [1.54, 1.807) is 0 Å². The molecule has 0 unspecified atom stereocenters. The molecule has 0 amide bonds. The third-order valence-electron chi connectivity index (χ3n) is 16.4. The number of nitrogens with zero attached hydrogens (tertiary/aromatic N) is 1. The molecule has 0 aromatic heterocycles. The molecule has 0 bridgehead atoms. The van der Waals surface area contributed by atoms with Crippen molar-refractivity contribution in [3.63, 3.8) is 0 Å². The molecule has 2 aliphatic heterocycles. The number of benzene rings is 12. The molecule has 4 aliphatic rings. The Labute approximate surface area is 423 Å². The fourth-order valence-electron chi connectivity index (χ4n) is 13.4. The maximum atomic E-state index is 6.89. The van der Waals surface area contributed by atoms with Crippen molar-refractivity contribution < 1.29 is 9.47 Å². The molecule has 16 rings (SSSR count). The molecule has 2 heterocycles. The van der Waals surface area contributed by atoms with Gasteiger partial charge in [0.15, 0.2) is 0 Å². The molecular weight excluding hydrogens is 887 g/mol. The lowest BCUT2D eigenvalue weighted by molar-refractivity contribution is 0.436. The second-order valence-electron chi connectivity index (χ2n) is 19.8. The van der Waals surface area contributed by atoms with Crippen molar-refractivity contribution in [1.82, 2.24) is 0 Å². The number of hydrogen-bond donors (Lipinski definition) is 0. The van der Waals surface area contributed by atoms with Gasteiger partial charge in [0.25, 0.3) is 0 Å². The largest absolute Gasteiger partial charge is 0.457 e. The Morgan fingerprint density at radius 2 is 0.726 bits per heavy atom. The first-order chi connectivity index (χ1) is 36.2. The standard InChI is InChI=1S/C70H43NO2/c1-2-18-44(19-3-1)45-34-36-48(37-35-45)71(49-38-39-51-50-22-8-9-25-55(50)69(61(51)42-49)56-26-10-14-30-64(56)72-65-31-15-11-27-57(65)69)63-43-62-68(53-24-7-6-23-52(53)63)54-40-46-20-4-5-21-47(46)41-60(54)70(62)58-28-12-16-32-66(58)73-67-33-17-13-29-59(67)70/h1-43H. The summed E-state index contributed by atoms with van der Waals surface area (Å²) >= 11 is 0. The molecule has 3 heteroatoms. The van der Waals surface area contributed by atoms with Crippen LogP contribution in [0.25, 0.3) is 54.9 Å². The molecule has 0 atom stereocenters. The third kappa shape index (κ3) is 5.38. The van der Waals surface area contributed by atoms with Crippen molar-refractivity contribution in [1.29, 1.82) is 0 Å². The Morgan fingerprint density at radius 1 is 0.274 bits per heavy atom. The SMILES string of the molecule is c1ccc(-c2ccc(N(c3ccc4c(c3)C3(c5ccccc5Oc5ccccc53)c3ccccc3-4)c3cc4c(c5ccccc35)-c3cc5ccccc5cc3C43c4ccccc4Oc4ccccc43)cc2)cc1. The first kappa shape index (κ1) is 40.3. The topological polar surface area (TPSA) is 21.7 Å². The molecule has 73 heavy (non-hydrogen) atoms.